The van der Waals surface area contributed by atoms with Crippen LogP contribution in [0.4, 0.5) is 11.4 Å². The Balaban J connectivity index is 1.38. The quantitative estimate of drug-likeness (QED) is 0.607. The molecule has 4 rings (SSSR count). The number of nitrogens with one attached hydrogen (secondary N) is 1. The molecule has 0 atom stereocenters. The molecule has 1 aromatic heterocycles. The third kappa shape index (κ3) is 4.01. The Hall–Kier alpha value is -3.35. The van der Waals surface area contributed by atoms with Crippen LogP contribution in [0, 0.1) is 0 Å². The van der Waals surface area contributed by atoms with E-state index in [2.05, 4.69) is 5.32 Å². The summed E-state index contributed by atoms with van der Waals surface area (Å²) in [7, 11) is 1.73. The van der Waals surface area contributed by atoms with E-state index in [4.69, 9.17) is 4.42 Å². The Bertz CT molecular complexity index is 1070. The predicted octanol–water partition coefficient (Wildman–Crippen LogP) is 2.75. The maximum atomic E-state index is 12.6. The molecule has 0 radical (unpaired) electrons. The molecule has 0 bridgehead atoms. The van der Waals surface area contributed by atoms with E-state index in [0.717, 1.165) is 43.7 Å². The van der Waals surface area contributed by atoms with Crippen molar-refractivity contribution in [1.82, 2.24) is 4.90 Å². The van der Waals surface area contributed by atoms with Gasteiger partial charge in [0.2, 0.25) is 0 Å². The number of piperidine rings is 1. The zero-order chi connectivity index (χ0) is 21.1. The standard InChI is InChI=1S/C23H25N3O4/c1-25(15-18-6-5-13-30-18)23(29)17-9-7-16(8-10-17)14-24-19-20(22(28)21(19)27)26-11-3-2-4-12-26/h5-10,13,24H,2-4,11-12,14-15H2,1H3. The summed E-state index contributed by atoms with van der Waals surface area (Å²) >= 11 is 0. The van der Waals surface area contributed by atoms with Crippen molar-refractivity contribution >= 4 is 17.3 Å². The molecule has 1 fully saturated rings. The van der Waals surface area contributed by atoms with Gasteiger partial charge in [-0.25, -0.2) is 0 Å². The Labute approximate surface area is 174 Å². The molecule has 2 heterocycles. The van der Waals surface area contributed by atoms with Crippen LogP contribution in [0.15, 0.2) is 56.7 Å². The molecule has 30 heavy (non-hydrogen) atoms. The zero-order valence-corrected chi connectivity index (χ0v) is 17.0. The fourth-order valence-corrected chi connectivity index (χ4v) is 3.85. The second kappa shape index (κ2) is 8.57. The van der Waals surface area contributed by atoms with Crippen LogP contribution >= 0.6 is 0 Å². The molecule has 1 N–H and O–H groups in total. The van der Waals surface area contributed by atoms with Crippen LogP contribution in [0.25, 0.3) is 0 Å². The number of nitrogens with zero attached hydrogens (tertiary/aromatic N) is 2. The lowest BCUT2D eigenvalue weighted by Crippen LogP contribution is -2.44. The van der Waals surface area contributed by atoms with Gasteiger partial charge >= 0.3 is 0 Å². The normalized spacial score (nSPS) is 14.1. The van der Waals surface area contributed by atoms with Crippen molar-refractivity contribution in [3.63, 3.8) is 0 Å². The Morgan fingerprint density at radius 1 is 1.07 bits per heavy atom. The minimum atomic E-state index is -0.443. The predicted molar refractivity (Wildman–Crippen MR) is 116 cm³/mol. The molecular weight excluding hydrogens is 382 g/mol. The van der Waals surface area contributed by atoms with Gasteiger partial charge in [0, 0.05) is 32.2 Å². The highest BCUT2D eigenvalue weighted by Gasteiger charge is 2.26. The molecule has 3 aromatic rings. The molecule has 0 aliphatic carbocycles. The first-order valence-electron chi connectivity index (χ1n) is 10.2. The zero-order valence-electron chi connectivity index (χ0n) is 17.0. The minimum absolute atomic E-state index is 0.0965. The van der Waals surface area contributed by atoms with E-state index in [1.54, 1.807) is 36.4 Å². The fourth-order valence-electron chi connectivity index (χ4n) is 3.85. The highest BCUT2D eigenvalue weighted by molar-refractivity contribution is 5.94. The highest BCUT2D eigenvalue weighted by Crippen LogP contribution is 2.24. The maximum Gasteiger partial charge on any atom is 0.254 e. The Morgan fingerprint density at radius 2 is 1.80 bits per heavy atom. The lowest BCUT2D eigenvalue weighted by atomic mass is 10.1. The Kier molecular flexibility index (Phi) is 5.70. The molecule has 2 aromatic carbocycles. The summed E-state index contributed by atoms with van der Waals surface area (Å²) in [5.74, 6) is 0.630. The van der Waals surface area contributed by atoms with E-state index in [1.165, 1.54) is 0 Å². The van der Waals surface area contributed by atoms with Gasteiger partial charge in [-0.3, -0.25) is 14.4 Å². The summed E-state index contributed by atoms with van der Waals surface area (Å²) in [6.45, 7) is 2.46. The summed E-state index contributed by atoms with van der Waals surface area (Å²) in [4.78, 5) is 40.3. The van der Waals surface area contributed by atoms with Gasteiger partial charge in [0.25, 0.3) is 16.8 Å². The largest absolute Gasteiger partial charge is 0.467 e. The van der Waals surface area contributed by atoms with Crippen molar-refractivity contribution in [2.75, 3.05) is 30.4 Å². The molecule has 1 aliphatic rings. The first-order chi connectivity index (χ1) is 14.5. The molecule has 0 unspecified atom stereocenters. The van der Waals surface area contributed by atoms with Gasteiger partial charge in [-0.1, -0.05) is 12.1 Å². The van der Waals surface area contributed by atoms with Gasteiger partial charge < -0.3 is 19.5 Å². The van der Waals surface area contributed by atoms with Crippen molar-refractivity contribution in [3.8, 4) is 0 Å². The lowest BCUT2D eigenvalue weighted by Gasteiger charge is -2.30. The lowest BCUT2D eigenvalue weighted by molar-refractivity contribution is 0.0775. The van der Waals surface area contributed by atoms with Crippen LogP contribution in [0.2, 0.25) is 0 Å². The van der Waals surface area contributed by atoms with E-state index in [-0.39, 0.29) is 11.3 Å². The van der Waals surface area contributed by atoms with Crippen molar-refractivity contribution in [1.29, 1.82) is 0 Å². The average molecular weight is 407 g/mol. The number of amides is 1. The number of anilines is 2. The summed E-state index contributed by atoms with van der Waals surface area (Å²) in [6, 6.07) is 10.9. The second-order valence-electron chi connectivity index (χ2n) is 7.72. The molecule has 7 heteroatoms. The number of hydrogen-bond donors (Lipinski definition) is 1. The highest BCUT2D eigenvalue weighted by atomic mass is 16.3. The van der Waals surface area contributed by atoms with Crippen LogP contribution in [0.3, 0.4) is 0 Å². The number of benzene rings is 1. The summed E-state index contributed by atoms with van der Waals surface area (Å²) in [6.07, 6.45) is 4.84. The average Bonchev–Trinajstić information content (AvgIpc) is 3.29. The van der Waals surface area contributed by atoms with Crippen molar-refractivity contribution < 1.29 is 9.21 Å². The van der Waals surface area contributed by atoms with Crippen LogP contribution < -0.4 is 21.1 Å². The van der Waals surface area contributed by atoms with E-state index < -0.39 is 5.43 Å². The van der Waals surface area contributed by atoms with Crippen LogP contribution in [0.1, 0.15) is 40.9 Å². The van der Waals surface area contributed by atoms with E-state index in [9.17, 15) is 14.4 Å². The molecule has 0 saturated carbocycles. The van der Waals surface area contributed by atoms with E-state index >= 15 is 0 Å². The summed E-state index contributed by atoms with van der Waals surface area (Å²) < 4.78 is 5.29. The van der Waals surface area contributed by atoms with Crippen molar-refractivity contribution in [2.45, 2.75) is 32.4 Å². The van der Waals surface area contributed by atoms with Crippen molar-refractivity contribution in [2.24, 2.45) is 0 Å². The molecule has 0 spiro atoms. The monoisotopic (exact) mass is 407 g/mol. The van der Waals surface area contributed by atoms with Crippen molar-refractivity contribution in [3.05, 3.63) is 80.0 Å². The molecule has 1 amide bonds. The SMILES string of the molecule is CN(Cc1ccco1)C(=O)c1ccc(CNc2c(N3CCCCC3)c(=O)c2=O)cc1. The maximum absolute atomic E-state index is 12.6. The first-order valence-corrected chi connectivity index (χ1v) is 10.2. The van der Waals surface area contributed by atoms with Gasteiger partial charge in [0.05, 0.1) is 12.8 Å². The summed E-state index contributed by atoms with van der Waals surface area (Å²) in [5, 5.41) is 3.12. The second-order valence-corrected chi connectivity index (χ2v) is 7.72. The number of carbonyl (C=O) groups is 1. The number of rotatable bonds is 7. The third-order valence-corrected chi connectivity index (χ3v) is 5.55. The number of hydrogen-bond acceptors (Lipinski definition) is 6. The molecule has 1 aliphatic heterocycles. The van der Waals surface area contributed by atoms with Gasteiger partial charge in [0.1, 0.15) is 17.1 Å². The molecule has 1 saturated heterocycles. The van der Waals surface area contributed by atoms with Gasteiger partial charge in [-0.2, -0.15) is 0 Å². The molecule has 156 valence electrons. The third-order valence-electron chi connectivity index (χ3n) is 5.55. The van der Waals surface area contributed by atoms with Gasteiger partial charge in [-0.15, -0.1) is 0 Å². The Morgan fingerprint density at radius 3 is 2.47 bits per heavy atom. The number of carbonyl (C=O) groups excluding carboxylic acids is 1. The summed E-state index contributed by atoms with van der Waals surface area (Å²) in [5.41, 5.74) is 1.63. The minimum Gasteiger partial charge on any atom is -0.467 e. The van der Waals surface area contributed by atoms with Gasteiger partial charge in [0.15, 0.2) is 0 Å². The van der Waals surface area contributed by atoms with Crippen LogP contribution in [-0.4, -0.2) is 30.9 Å². The smallest absolute Gasteiger partial charge is 0.254 e. The first kappa shape index (κ1) is 19.9. The van der Waals surface area contributed by atoms with E-state index in [1.807, 2.05) is 23.1 Å². The number of furan rings is 1. The fraction of sp³-hybridized carbons (Fsp3) is 0.348. The van der Waals surface area contributed by atoms with Crippen LogP contribution in [-0.2, 0) is 13.1 Å². The molecular formula is C23H25N3O4. The molecule has 7 nitrogen and oxygen atoms in total. The van der Waals surface area contributed by atoms with Crippen LogP contribution in [0.5, 0.6) is 0 Å². The topological polar surface area (TPSA) is 82.9 Å². The van der Waals surface area contributed by atoms with E-state index in [0.29, 0.717) is 30.0 Å². The van der Waals surface area contributed by atoms with Gasteiger partial charge in [-0.05, 0) is 49.1 Å².